The first kappa shape index (κ1) is 14.0. The van der Waals surface area contributed by atoms with Crippen LogP contribution in [0.2, 0.25) is 0 Å². The van der Waals surface area contributed by atoms with Gasteiger partial charge >= 0.3 is 5.97 Å². The minimum Gasteiger partial charge on any atom is -0.489 e. The number of aryl methyl sites for hydroxylation is 1. The third-order valence-electron chi connectivity index (χ3n) is 2.83. The van der Waals surface area contributed by atoms with Gasteiger partial charge in [-0.05, 0) is 36.8 Å². The third-order valence-corrected chi connectivity index (χ3v) is 2.83. The quantitative estimate of drug-likeness (QED) is 0.930. The normalized spacial score (nSPS) is 10.3. The Kier molecular flexibility index (Phi) is 3.98. The first-order valence-corrected chi connectivity index (χ1v) is 5.88. The molecule has 0 aliphatic heterocycles. The van der Waals surface area contributed by atoms with E-state index in [9.17, 15) is 13.6 Å². The molecule has 0 atom stereocenters. The number of carbonyl (C=O) groups is 1. The second kappa shape index (κ2) is 5.69. The zero-order valence-electron chi connectivity index (χ0n) is 10.7. The standard InChI is InChI=1S/C15H12F2O3/c1-9-2-4-12(7-14(9)17)20-8-11-6-10(15(18)19)3-5-13(11)16/h2-7H,8H2,1H3,(H,18,19). The van der Waals surface area contributed by atoms with Crippen molar-refractivity contribution in [1.82, 2.24) is 0 Å². The molecular formula is C15H12F2O3. The maximum atomic E-state index is 13.5. The van der Waals surface area contributed by atoms with Crippen molar-refractivity contribution < 1.29 is 23.4 Å². The first-order valence-electron chi connectivity index (χ1n) is 5.88. The molecule has 20 heavy (non-hydrogen) atoms. The van der Waals surface area contributed by atoms with Crippen LogP contribution in [0.1, 0.15) is 21.5 Å². The van der Waals surface area contributed by atoms with Gasteiger partial charge in [-0.15, -0.1) is 0 Å². The van der Waals surface area contributed by atoms with E-state index in [1.165, 1.54) is 18.2 Å². The van der Waals surface area contributed by atoms with Crippen LogP contribution >= 0.6 is 0 Å². The van der Waals surface area contributed by atoms with Crippen molar-refractivity contribution in [3.05, 3.63) is 64.7 Å². The van der Waals surface area contributed by atoms with Gasteiger partial charge in [0.15, 0.2) is 0 Å². The lowest BCUT2D eigenvalue weighted by Gasteiger charge is -2.08. The van der Waals surface area contributed by atoms with Crippen molar-refractivity contribution in [3.63, 3.8) is 0 Å². The summed E-state index contributed by atoms with van der Waals surface area (Å²) in [7, 11) is 0. The number of carboxylic acids is 1. The Morgan fingerprint density at radius 1 is 1.15 bits per heavy atom. The lowest BCUT2D eigenvalue weighted by Crippen LogP contribution is -2.03. The summed E-state index contributed by atoms with van der Waals surface area (Å²) in [5.41, 5.74) is 0.558. The highest BCUT2D eigenvalue weighted by Crippen LogP contribution is 2.18. The summed E-state index contributed by atoms with van der Waals surface area (Å²) in [6, 6.07) is 7.76. The van der Waals surface area contributed by atoms with Crippen LogP contribution in [0.15, 0.2) is 36.4 Å². The van der Waals surface area contributed by atoms with Gasteiger partial charge in [0.05, 0.1) is 5.56 Å². The van der Waals surface area contributed by atoms with Gasteiger partial charge in [0.25, 0.3) is 0 Å². The van der Waals surface area contributed by atoms with Gasteiger partial charge < -0.3 is 9.84 Å². The van der Waals surface area contributed by atoms with E-state index < -0.39 is 17.6 Å². The van der Waals surface area contributed by atoms with E-state index in [0.717, 1.165) is 6.07 Å². The smallest absolute Gasteiger partial charge is 0.335 e. The van der Waals surface area contributed by atoms with Crippen LogP contribution in [-0.2, 0) is 6.61 Å². The van der Waals surface area contributed by atoms with E-state index in [-0.39, 0.29) is 23.5 Å². The largest absolute Gasteiger partial charge is 0.489 e. The van der Waals surface area contributed by atoms with Crippen molar-refractivity contribution >= 4 is 5.97 Å². The molecule has 0 saturated heterocycles. The Balaban J connectivity index is 2.15. The maximum Gasteiger partial charge on any atom is 0.335 e. The SMILES string of the molecule is Cc1ccc(OCc2cc(C(=O)O)ccc2F)cc1F. The Morgan fingerprint density at radius 3 is 2.55 bits per heavy atom. The predicted octanol–water partition coefficient (Wildman–Crippen LogP) is 3.55. The molecule has 0 saturated carbocycles. The number of carboxylic acid groups (broad SMARTS) is 1. The predicted molar refractivity (Wildman–Crippen MR) is 68.8 cm³/mol. The number of hydrogen-bond donors (Lipinski definition) is 1. The lowest BCUT2D eigenvalue weighted by molar-refractivity contribution is 0.0696. The summed E-state index contributed by atoms with van der Waals surface area (Å²) < 4.78 is 32.1. The minimum absolute atomic E-state index is 0.0277. The summed E-state index contributed by atoms with van der Waals surface area (Å²) in [6.45, 7) is 1.45. The van der Waals surface area contributed by atoms with E-state index in [1.54, 1.807) is 19.1 Å². The van der Waals surface area contributed by atoms with Crippen LogP contribution in [0, 0.1) is 18.6 Å². The second-order valence-electron chi connectivity index (χ2n) is 4.31. The van der Waals surface area contributed by atoms with E-state index in [2.05, 4.69) is 0 Å². The first-order chi connectivity index (χ1) is 9.47. The molecule has 0 aliphatic rings. The summed E-state index contributed by atoms with van der Waals surface area (Å²) in [5.74, 6) is -1.87. The molecule has 0 unspecified atom stereocenters. The number of hydrogen-bond acceptors (Lipinski definition) is 2. The second-order valence-corrected chi connectivity index (χ2v) is 4.31. The summed E-state index contributed by atoms with van der Waals surface area (Å²) in [5, 5.41) is 8.84. The number of halogens is 2. The molecule has 2 rings (SSSR count). The molecule has 5 heteroatoms. The average Bonchev–Trinajstić information content (AvgIpc) is 2.41. The Bertz CT molecular complexity index is 654. The van der Waals surface area contributed by atoms with Crippen LogP contribution in [0.5, 0.6) is 5.75 Å². The number of rotatable bonds is 4. The molecule has 0 heterocycles. The van der Waals surface area contributed by atoms with Crippen molar-refractivity contribution in [2.45, 2.75) is 13.5 Å². The van der Waals surface area contributed by atoms with Crippen LogP contribution in [0.3, 0.4) is 0 Å². The van der Waals surface area contributed by atoms with Crippen molar-refractivity contribution in [2.24, 2.45) is 0 Å². The fourth-order valence-electron chi connectivity index (χ4n) is 1.64. The van der Waals surface area contributed by atoms with Crippen LogP contribution in [0.4, 0.5) is 8.78 Å². The molecule has 0 amide bonds. The van der Waals surface area contributed by atoms with Gasteiger partial charge in [0, 0.05) is 11.6 Å². The molecule has 104 valence electrons. The monoisotopic (exact) mass is 278 g/mol. The third kappa shape index (κ3) is 3.12. The topological polar surface area (TPSA) is 46.5 Å². The molecule has 0 aromatic heterocycles. The lowest BCUT2D eigenvalue weighted by atomic mass is 10.1. The van der Waals surface area contributed by atoms with Gasteiger partial charge in [-0.1, -0.05) is 6.07 Å². The molecule has 2 aromatic rings. The molecule has 1 N–H and O–H groups in total. The average molecular weight is 278 g/mol. The van der Waals surface area contributed by atoms with Crippen LogP contribution < -0.4 is 4.74 Å². The fourth-order valence-corrected chi connectivity index (χ4v) is 1.64. The number of aromatic carboxylic acids is 1. The summed E-state index contributed by atoms with van der Waals surface area (Å²) in [6.07, 6.45) is 0. The summed E-state index contributed by atoms with van der Waals surface area (Å²) >= 11 is 0. The van der Waals surface area contributed by atoms with Crippen LogP contribution in [0.25, 0.3) is 0 Å². The van der Waals surface area contributed by atoms with Crippen molar-refractivity contribution in [3.8, 4) is 5.75 Å². The highest BCUT2D eigenvalue weighted by atomic mass is 19.1. The molecule has 0 spiro atoms. The zero-order valence-corrected chi connectivity index (χ0v) is 10.7. The van der Waals surface area contributed by atoms with Gasteiger partial charge in [-0.25, -0.2) is 13.6 Å². The number of benzene rings is 2. The van der Waals surface area contributed by atoms with Gasteiger partial charge in [0.1, 0.15) is 24.0 Å². The van der Waals surface area contributed by atoms with Gasteiger partial charge in [-0.2, -0.15) is 0 Å². The van der Waals surface area contributed by atoms with Crippen LogP contribution in [-0.4, -0.2) is 11.1 Å². The molecule has 0 fully saturated rings. The van der Waals surface area contributed by atoms with Crippen molar-refractivity contribution in [2.75, 3.05) is 0 Å². The zero-order chi connectivity index (χ0) is 14.7. The maximum absolute atomic E-state index is 13.5. The van der Waals surface area contributed by atoms with Gasteiger partial charge in [0.2, 0.25) is 0 Å². The van der Waals surface area contributed by atoms with E-state index in [4.69, 9.17) is 9.84 Å². The van der Waals surface area contributed by atoms with Crippen molar-refractivity contribution in [1.29, 1.82) is 0 Å². The fraction of sp³-hybridized carbons (Fsp3) is 0.133. The van der Waals surface area contributed by atoms with E-state index >= 15 is 0 Å². The Morgan fingerprint density at radius 2 is 1.90 bits per heavy atom. The number of ether oxygens (including phenoxy) is 1. The molecule has 0 radical (unpaired) electrons. The van der Waals surface area contributed by atoms with E-state index in [1.807, 2.05) is 0 Å². The molecule has 0 bridgehead atoms. The Labute approximate surface area is 114 Å². The molecule has 0 aliphatic carbocycles. The highest BCUT2D eigenvalue weighted by molar-refractivity contribution is 5.87. The van der Waals surface area contributed by atoms with E-state index in [0.29, 0.717) is 5.56 Å². The highest BCUT2D eigenvalue weighted by Gasteiger charge is 2.09. The molecule has 2 aromatic carbocycles. The summed E-state index contributed by atoms with van der Waals surface area (Å²) in [4.78, 5) is 10.8. The molecular weight excluding hydrogens is 266 g/mol. The minimum atomic E-state index is -1.15. The van der Waals surface area contributed by atoms with Gasteiger partial charge in [-0.3, -0.25) is 0 Å². The molecule has 3 nitrogen and oxygen atoms in total. The Hall–Kier alpha value is -2.43.